The molecule has 3 aliphatic rings. The molecular weight excluding hydrogens is 627 g/mol. The fraction of sp³-hybridized carbons (Fsp3) is 0.645. The summed E-state index contributed by atoms with van der Waals surface area (Å²) in [5.74, 6) is -4.74. The van der Waals surface area contributed by atoms with Crippen LogP contribution in [0.4, 0.5) is 27.6 Å². The highest BCUT2D eigenvalue weighted by Gasteiger charge is 2.41. The van der Waals surface area contributed by atoms with Crippen molar-refractivity contribution in [3.63, 3.8) is 0 Å². The lowest BCUT2D eigenvalue weighted by molar-refractivity contribution is -0.179. The highest BCUT2D eigenvalue weighted by atomic mass is 19.4. The maximum absolute atomic E-state index is 14.0. The van der Waals surface area contributed by atoms with E-state index >= 15 is 0 Å². The van der Waals surface area contributed by atoms with Crippen LogP contribution in [-0.4, -0.2) is 80.6 Å². The number of ether oxygens (including phenoxy) is 1. The molecule has 2 N–H and O–H groups in total. The minimum atomic E-state index is -4.16. The second kappa shape index (κ2) is 14.1. The Kier molecular flexibility index (Phi) is 10.4. The number of halogens is 5. The van der Waals surface area contributed by atoms with Gasteiger partial charge < -0.3 is 20.3 Å². The van der Waals surface area contributed by atoms with Gasteiger partial charge in [0.2, 0.25) is 11.8 Å². The number of rotatable bonds is 6. The Bertz CT molecular complexity index is 1540. The number of hydrogen-bond acceptors (Lipinski definition) is 7. The molecule has 2 amide bonds. The van der Waals surface area contributed by atoms with Crippen molar-refractivity contribution in [1.29, 1.82) is 0 Å². The topological polar surface area (TPSA) is 119 Å². The molecule has 3 aromatic heterocycles. The summed E-state index contributed by atoms with van der Waals surface area (Å²) in [6.07, 6.45) is -0.623. The molecule has 258 valence electrons. The number of hydrogen-bond donors (Lipinski definition) is 2. The van der Waals surface area contributed by atoms with Gasteiger partial charge in [-0.15, -0.1) is 0 Å². The summed E-state index contributed by atoms with van der Waals surface area (Å²) in [4.78, 5) is 30.8. The van der Waals surface area contributed by atoms with Gasteiger partial charge in [-0.1, -0.05) is 0 Å². The second-order valence-corrected chi connectivity index (χ2v) is 12.5. The monoisotopic (exact) mass is 668 g/mol. The zero-order valence-corrected chi connectivity index (χ0v) is 26.7. The van der Waals surface area contributed by atoms with Crippen LogP contribution in [0.25, 0.3) is 5.65 Å². The molecule has 3 fully saturated rings. The molecule has 3 aromatic rings. The molecular formula is C31H41F5N8O3. The molecule has 47 heavy (non-hydrogen) atoms. The molecule has 0 spiro atoms. The highest BCUT2D eigenvalue weighted by molar-refractivity contribution is 5.92. The number of morpholine rings is 1. The van der Waals surface area contributed by atoms with Gasteiger partial charge in [0, 0.05) is 57.2 Å². The van der Waals surface area contributed by atoms with Crippen LogP contribution in [0.2, 0.25) is 0 Å². The van der Waals surface area contributed by atoms with Crippen LogP contribution in [-0.2, 0) is 16.1 Å². The first-order chi connectivity index (χ1) is 22.3. The highest BCUT2D eigenvalue weighted by Crippen LogP contribution is 2.41. The van der Waals surface area contributed by atoms with Gasteiger partial charge in [-0.3, -0.25) is 14.3 Å². The molecule has 3 atom stereocenters. The number of alkyl halides is 5. The van der Waals surface area contributed by atoms with Crippen molar-refractivity contribution >= 4 is 23.1 Å². The second-order valence-electron chi connectivity index (χ2n) is 12.5. The van der Waals surface area contributed by atoms with Crippen LogP contribution >= 0.6 is 0 Å². The van der Waals surface area contributed by atoms with E-state index < -0.39 is 24.1 Å². The van der Waals surface area contributed by atoms with Crippen molar-refractivity contribution in [3.8, 4) is 0 Å². The average molecular weight is 669 g/mol. The molecule has 2 aliphatic heterocycles. The fourth-order valence-electron chi connectivity index (χ4n) is 6.38. The van der Waals surface area contributed by atoms with E-state index in [2.05, 4.69) is 27.6 Å². The van der Waals surface area contributed by atoms with Crippen molar-refractivity contribution in [2.45, 2.75) is 90.0 Å². The zero-order chi connectivity index (χ0) is 33.9. The van der Waals surface area contributed by atoms with Gasteiger partial charge in [0.15, 0.2) is 5.65 Å². The maximum atomic E-state index is 14.0. The smallest absolute Gasteiger partial charge is 0.377 e. The largest absolute Gasteiger partial charge is 0.393 e. The Labute approximate surface area is 269 Å². The third-order valence-electron chi connectivity index (χ3n) is 9.12. The summed E-state index contributed by atoms with van der Waals surface area (Å²) in [6, 6.07) is 3.38. The Balaban J connectivity index is 0.000000335. The molecule has 2 saturated heterocycles. The molecule has 11 nitrogen and oxygen atoms in total. The minimum Gasteiger partial charge on any atom is -0.377 e. The molecule has 0 bridgehead atoms. The van der Waals surface area contributed by atoms with Gasteiger partial charge >= 0.3 is 6.18 Å². The predicted octanol–water partition coefficient (Wildman–Crippen LogP) is 4.85. The van der Waals surface area contributed by atoms with E-state index in [9.17, 15) is 31.5 Å². The van der Waals surface area contributed by atoms with Crippen molar-refractivity contribution in [2.24, 2.45) is 11.8 Å². The molecule has 1 saturated carbocycles. The normalized spacial score (nSPS) is 22.7. The quantitative estimate of drug-likeness (QED) is 0.361. The number of fused-ring (bicyclic) bond motifs is 1. The Hall–Kier alpha value is -3.82. The van der Waals surface area contributed by atoms with Gasteiger partial charge in [-0.05, 0) is 52.0 Å². The Morgan fingerprint density at radius 2 is 1.98 bits per heavy atom. The predicted molar refractivity (Wildman–Crippen MR) is 162 cm³/mol. The number of nitrogens with one attached hydrogen (secondary N) is 2. The summed E-state index contributed by atoms with van der Waals surface area (Å²) in [5, 5.41) is 14.2. The van der Waals surface area contributed by atoms with Crippen LogP contribution in [0.15, 0.2) is 24.5 Å². The van der Waals surface area contributed by atoms with E-state index in [0.29, 0.717) is 49.6 Å². The molecule has 6 rings (SSSR count). The number of amides is 2. The third-order valence-corrected chi connectivity index (χ3v) is 9.12. The number of nitrogens with zero attached hydrogens (tertiary/aromatic N) is 6. The number of imidazole rings is 1. The van der Waals surface area contributed by atoms with Crippen LogP contribution in [0.1, 0.15) is 80.3 Å². The van der Waals surface area contributed by atoms with Crippen molar-refractivity contribution < 1.29 is 36.3 Å². The van der Waals surface area contributed by atoms with Crippen LogP contribution in [0, 0.1) is 18.8 Å². The number of carbonyl (C=O) groups excluding carboxylic acids is 2. The summed E-state index contributed by atoms with van der Waals surface area (Å²) in [6.45, 7) is 8.36. The van der Waals surface area contributed by atoms with Crippen LogP contribution in [0.5, 0.6) is 0 Å². The molecule has 0 radical (unpaired) electrons. The minimum absolute atomic E-state index is 0.00975. The van der Waals surface area contributed by atoms with Gasteiger partial charge in [0.1, 0.15) is 5.69 Å². The lowest BCUT2D eigenvalue weighted by Gasteiger charge is -2.35. The average Bonchev–Trinajstić information content (AvgIpc) is 3.67. The summed E-state index contributed by atoms with van der Waals surface area (Å²) in [7, 11) is 0. The summed E-state index contributed by atoms with van der Waals surface area (Å²) >= 11 is 0. The number of aryl methyl sites for hydroxylation is 2. The van der Waals surface area contributed by atoms with Crippen molar-refractivity contribution in [2.75, 3.05) is 31.2 Å². The zero-order valence-electron chi connectivity index (χ0n) is 26.7. The van der Waals surface area contributed by atoms with E-state index in [1.54, 1.807) is 21.5 Å². The number of anilines is 1. The summed E-state index contributed by atoms with van der Waals surface area (Å²) in [5.41, 5.74) is 3.58. The number of aromatic nitrogens is 5. The standard InChI is InChI=1S/C25H33F2N7O2.C6H8F3NO/c1-4-33-20(7-10-28-33)24(35)30-23(18-5-8-25(26,27)9-6-18)19-14-34-22(29-19)13-21(17(3)31-34)32-11-12-36-15-16(32)2;7-6(8,9)4-1-2-5(11)10-3-4/h7,10,13-14,16,18,23H,4-6,8-9,11-12,15H2,1-3H3,(H,30,35);4H,1-3H2,(H,10,11). The van der Waals surface area contributed by atoms with Gasteiger partial charge in [0.25, 0.3) is 5.91 Å². The van der Waals surface area contributed by atoms with Gasteiger partial charge in [0.05, 0.1) is 48.4 Å². The van der Waals surface area contributed by atoms with E-state index in [1.165, 1.54) is 0 Å². The van der Waals surface area contributed by atoms with Crippen LogP contribution in [0.3, 0.4) is 0 Å². The van der Waals surface area contributed by atoms with Crippen LogP contribution < -0.4 is 15.5 Å². The molecule has 16 heteroatoms. The first kappa shape index (κ1) is 34.5. The Morgan fingerprint density at radius 1 is 1.23 bits per heavy atom. The Morgan fingerprint density at radius 3 is 2.62 bits per heavy atom. The van der Waals surface area contributed by atoms with E-state index in [4.69, 9.17) is 14.8 Å². The lowest BCUT2D eigenvalue weighted by Crippen LogP contribution is -2.44. The SMILES string of the molecule is CCn1nccc1C(=O)NC(c1cn2nc(C)c(N3CCOCC3C)cc2n1)C1CCC(F)(F)CC1.O=C1CCC(C(F)(F)F)CN1. The van der Waals surface area contributed by atoms with Crippen molar-refractivity contribution in [1.82, 2.24) is 35.0 Å². The van der Waals surface area contributed by atoms with E-state index in [-0.39, 0.29) is 56.0 Å². The number of carbonyl (C=O) groups is 2. The van der Waals surface area contributed by atoms with Gasteiger partial charge in [-0.25, -0.2) is 18.3 Å². The molecule has 0 aromatic carbocycles. The maximum Gasteiger partial charge on any atom is 0.393 e. The molecule has 5 heterocycles. The van der Waals surface area contributed by atoms with E-state index in [0.717, 1.165) is 17.9 Å². The lowest BCUT2D eigenvalue weighted by atomic mass is 9.81. The van der Waals surface area contributed by atoms with Crippen molar-refractivity contribution in [3.05, 3.63) is 41.6 Å². The molecule has 3 unspecified atom stereocenters. The fourth-order valence-corrected chi connectivity index (χ4v) is 6.38. The van der Waals surface area contributed by atoms with E-state index in [1.807, 2.05) is 26.1 Å². The first-order valence-electron chi connectivity index (χ1n) is 16.0. The number of piperidine rings is 1. The van der Waals surface area contributed by atoms with Gasteiger partial charge in [-0.2, -0.15) is 23.4 Å². The third kappa shape index (κ3) is 8.19. The molecule has 1 aliphatic carbocycles. The first-order valence-corrected chi connectivity index (χ1v) is 16.0. The summed E-state index contributed by atoms with van der Waals surface area (Å²) < 4.78 is 72.6.